The van der Waals surface area contributed by atoms with Crippen molar-refractivity contribution in [2.45, 2.75) is 13.3 Å². The molecule has 1 aromatic carbocycles. The van der Waals surface area contributed by atoms with Crippen molar-refractivity contribution < 1.29 is 14.0 Å². The summed E-state index contributed by atoms with van der Waals surface area (Å²) >= 11 is 0. The number of piperidine rings is 1. The molecule has 110 valence electrons. The molecule has 2 aliphatic heterocycles. The lowest BCUT2D eigenvalue weighted by atomic mass is 9.93. The van der Waals surface area contributed by atoms with Gasteiger partial charge in [0.1, 0.15) is 5.83 Å². The molecule has 2 aliphatic rings. The van der Waals surface area contributed by atoms with E-state index >= 15 is 0 Å². The number of fused-ring (bicyclic) bond motifs is 1. The Hall–Kier alpha value is -2.01. The SMILES string of the molecule is CC1CNCC/C1=C(/F)CN1C(=O)c2ccccc2C1=O. The summed E-state index contributed by atoms with van der Waals surface area (Å²) in [6.45, 7) is 3.15. The van der Waals surface area contributed by atoms with Crippen molar-refractivity contribution in [3.8, 4) is 0 Å². The average Bonchev–Trinajstić information content (AvgIpc) is 2.73. The first kappa shape index (κ1) is 13.9. The van der Waals surface area contributed by atoms with Crippen LogP contribution in [0, 0.1) is 5.92 Å². The Morgan fingerprint density at radius 2 is 1.90 bits per heavy atom. The molecule has 2 amide bonds. The molecule has 1 aromatic rings. The number of imide groups is 1. The predicted octanol–water partition coefficient (Wildman–Crippen LogP) is 2.14. The highest BCUT2D eigenvalue weighted by Crippen LogP contribution is 2.27. The first-order chi connectivity index (χ1) is 10.1. The first-order valence-corrected chi connectivity index (χ1v) is 7.13. The summed E-state index contributed by atoms with van der Waals surface area (Å²) in [6.07, 6.45) is 0.621. The fourth-order valence-corrected chi connectivity index (χ4v) is 2.94. The van der Waals surface area contributed by atoms with Crippen molar-refractivity contribution in [1.29, 1.82) is 0 Å². The largest absolute Gasteiger partial charge is 0.316 e. The smallest absolute Gasteiger partial charge is 0.261 e. The number of benzene rings is 1. The van der Waals surface area contributed by atoms with E-state index in [2.05, 4.69) is 5.32 Å². The van der Waals surface area contributed by atoms with E-state index < -0.39 is 11.8 Å². The van der Waals surface area contributed by atoms with Crippen LogP contribution in [-0.2, 0) is 0 Å². The lowest BCUT2D eigenvalue weighted by molar-refractivity contribution is 0.0658. The second-order valence-corrected chi connectivity index (χ2v) is 5.53. The molecule has 0 aliphatic carbocycles. The zero-order valence-electron chi connectivity index (χ0n) is 11.9. The third-order valence-electron chi connectivity index (χ3n) is 4.14. The molecule has 1 atom stereocenters. The van der Waals surface area contributed by atoms with Gasteiger partial charge in [-0.05, 0) is 36.6 Å². The van der Waals surface area contributed by atoms with E-state index in [1.54, 1.807) is 24.3 Å². The number of nitrogens with one attached hydrogen (secondary N) is 1. The van der Waals surface area contributed by atoms with Gasteiger partial charge in [0.25, 0.3) is 11.8 Å². The Labute approximate surface area is 122 Å². The summed E-state index contributed by atoms with van der Waals surface area (Å²) < 4.78 is 14.5. The second kappa shape index (κ2) is 5.41. The molecular formula is C16H17FN2O2. The van der Waals surface area contributed by atoms with Crippen LogP contribution >= 0.6 is 0 Å². The van der Waals surface area contributed by atoms with Gasteiger partial charge in [0.2, 0.25) is 0 Å². The highest BCUT2D eigenvalue weighted by atomic mass is 19.1. The van der Waals surface area contributed by atoms with Crippen LogP contribution in [0.3, 0.4) is 0 Å². The highest BCUT2D eigenvalue weighted by Gasteiger charge is 2.36. The van der Waals surface area contributed by atoms with Crippen LogP contribution in [-0.4, -0.2) is 36.3 Å². The molecule has 0 bridgehead atoms. The first-order valence-electron chi connectivity index (χ1n) is 7.13. The van der Waals surface area contributed by atoms with E-state index in [0.29, 0.717) is 23.1 Å². The van der Waals surface area contributed by atoms with Crippen LogP contribution in [0.15, 0.2) is 35.7 Å². The van der Waals surface area contributed by atoms with Crippen molar-refractivity contribution in [3.05, 3.63) is 46.8 Å². The van der Waals surface area contributed by atoms with E-state index in [0.717, 1.165) is 18.0 Å². The van der Waals surface area contributed by atoms with Gasteiger partial charge >= 0.3 is 0 Å². The molecule has 5 heteroatoms. The fraction of sp³-hybridized carbons (Fsp3) is 0.375. The quantitative estimate of drug-likeness (QED) is 0.848. The Bertz CT molecular complexity index is 604. The van der Waals surface area contributed by atoms with Crippen LogP contribution in [0.2, 0.25) is 0 Å². The van der Waals surface area contributed by atoms with Crippen LogP contribution in [0.5, 0.6) is 0 Å². The lowest BCUT2D eigenvalue weighted by Crippen LogP contribution is -2.34. The van der Waals surface area contributed by atoms with E-state index in [1.807, 2.05) is 6.92 Å². The summed E-state index contributed by atoms with van der Waals surface area (Å²) in [7, 11) is 0. The number of carbonyl (C=O) groups is 2. The third-order valence-corrected chi connectivity index (χ3v) is 4.14. The van der Waals surface area contributed by atoms with Gasteiger partial charge in [-0.15, -0.1) is 0 Å². The molecule has 1 fully saturated rings. The summed E-state index contributed by atoms with van der Waals surface area (Å²) in [5, 5.41) is 3.20. The zero-order valence-corrected chi connectivity index (χ0v) is 11.9. The minimum absolute atomic E-state index is 0.0916. The van der Waals surface area contributed by atoms with Crippen molar-refractivity contribution in [3.63, 3.8) is 0 Å². The summed E-state index contributed by atoms with van der Waals surface area (Å²) in [4.78, 5) is 25.4. The van der Waals surface area contributed by atoms with Crippen molar-refractivity contribution in [2.75, 3.05) is 19.6 Å². The molecule has 1 saturated heterocycles. The number of hydrogen-bond acceptors (Lipinski definition) is 3. The minimum Gasteiger partial charge on any atom is -0.316 e. The molecule has 4 nitrogen and oxygen atoms in total. The molecule has 1 unspecified atom stereocenters. The maximum atomic E-state index is 14.5. The van der Waals surface area contributed by atoms with Crippen molar-refractivity contribution in [2.24, 2.45) is 5.92 Å². The number of nitrogens with zero attached hydrogens (tertiary/aromatic N) is 1. The molecule has 0 saturated carbocycles. The number of halogens is 1. The van der Waals surface area contributed by atoms with Crippen LogP contribution in [0.1, 0.15) is 34.1 Å². The van der Waals surface area contributed by atoms with Crippen molar-refractivity contribution >= 4 is 11.8 Å². The molecule has 0 aromatic heterocycles. The highest BCUT2D eigenvalue weighted by molar-refractivity contribution is 6.21. The summed E-state index contributed by atoms with van der Waals surface area (Å²) in [5.41, 5.74) is 1.43. The Balaban J connectivity index is 1.85. The number of hydrogen-bond donors (Lipinski definition) is 1. The van der Waals surface area contributed by atoms with E-state index in [1.165, 1.54) is 0 Å². The molecular weight excluding hydrogens is 271 g/mol. The van der Waals surface area contributed by atoms with Crippen LogP contribution in [0.4, 0.5) is 4.39 Å². The Morgan fingerprint density at radius 1 is 1.29 bits per heavy atom. The standard InChI is InChI=1S/C16H17FN2O2/c1-10-8-18-7-6-11(10)14(17)9-19-15(20)12-4-2-3-5-13(12)16(19)21/h2-5,10,18H,6-9H2,1H3/b14-11-. The summed E-state index contributed by atoms with van der Waals surface area (Å²) in [6, 6.07) is 6.62. The Kier molecular flexibility index (Phi) is 3.59. The monoisotopic (exact) mass is 288 g/mol. The number of carbonyl (C=O) groups excluding carboxylic acids is 2. The number of amides is 2. The molecule has 0 radical (unpaired) electrons. The summed E-state index contributed by atoms with van der Waals surface area (Å²) in [5.74, 6) is -1.08. The van der Waals surface area contributed by atoms with Gasteiger partial charge in [-0.2, -0.15) is 0 Å². The lowest BCUT2D eigenvalue weighted by Gasteiger charge is -2.24. The van der Waals surface area contributed by atoms with Gasteiger partial charge in [0, 0.05) is 6.54 Å². The van der Waals surface area contributed by atoms with E-state index in [4.69, 9.17) is 0 Å². The van der Waals surface area contributed by atoms with Gasteiger partial charge < -0.3 is 5.32 Å². The number of rotatable bonds is 2. The van der Waals surface area contributed by atoms with Gasteiger partial charge in [-0.3, -0.25) is 14.5 Å². The van der Waals surface area contributed by atoms with Crippen LogP contribution < -0.4 is 5.32 Å². The van der Waals surface area contributed by atoms with Crippen LogP contribution in [0.25, 0.3) is 0 Å². The molecule has 21 heavy (non-hydrogen) atoms. The van der Waals surface area contributed by atoms with Gasteiger partial charge in [-0.1, -0.05) is 19.1 Å². The normalized spacial score (nSPS) is 24.3. The Morgan fingerprint density at radius 3 is 2.48 bits per heavy atom. The van der Waals surface area contributed by atoms with E-state index in [-0.39, 0.29) is 18.3 Å². The van der Waals surface area contributed by atoms with Gasteiger partial charge in [-0.25, -0.2) is 4.39 Å². The predicted molar refractivity (Wildman–Crippen MR) is 76.6 cm³/mol. The molecule has 3 rings (SSSR count). The molecule has 1 N–H and O–H groups in total. The maximum Gasteiger partial charge on any atom is 0.261 e. The van der Waals surface area contributed by atoms with Gasteiger partial charge in [0.15, 0.2) is 0 Å². The molecule has 2 heterocycles. The average molecular weight is 288 g/mol. The van der Waals surface area contributed by atoms with Crippen molar-refractivity contribution in [1.82, 2.24) is 10.2 Å². The zero-order chi connectivity index (χ0) is 15.0. The topological polar surface area (TPSA) is 49.4 Å². The molecule has 0 spiro atoms. The van der Waals surface area contributed by atoms with E-state index in [9.17, 15) is 14.0 Å². The second-order valence-electron chi connectivity index (χ2n) is 5.53. The third kappa shape index (κ3) is 2.38. The minimum atomic E-state index is -0.409. The van der Waals surface area contributed by atoms with Gasteiger partial charge in [0.05, 0.1) is 17.7 Å². The fourth-order valence-electron chi connectivity index (χ4n) is 2.94. The maximum absolute atomic E-state index is 14.5.